The van der Waals surface area contributed by atoms with Gasteiger partial charge in [0, 0.05) is 44.7 Å². The number of aryl methyl sites for hydroxylation is 1. The van der Waals surface area contributed by atoms with Gasteiger partial charge in [0.25, 0.3) is 0 Å². The summed E-state index contributed by atoms with van der Waals surface area (Å²) in [4.78, 5) is 0. The SMILES string of the molecule is CCO[Si](CCCOCC(O)CNc1ccc(N=Nc2ccccc2C)cc1)(OCC)OCC. The summed E-state index contributed by atoms with van der Waals surface area (Å²) >= 11 is 0. The molecule has 0 spiro atoms. The van der Waals surface area contributed by atoms with E-state index in [1.165, 1.54) is 0 Å². The summed E-state index contributed by atoms with van der Waals surface area (Å²) in [5.74, 6) is 0. The van der Waals surface area contributed by atoms with Gasteiger partial charge in [-0.25, -0.2) is 0 Å². The van der Waals surface area contributed by atoms with Crippen molar-refractivity contribution in [1.82, 2.24) is 0 Å². The maximum atomic E-state index is 10.2. The highest BCUT2D eigenvalue weighted by molar-refractivity contribution is 6.60. The zero-order valence-corrected chi connectivity index (χ0v) is 21.8. The van der Waals surface area contributed by atoms with E-state index in [0.717, 1.165) is 29.0 Å². The van der Waals surface area contributed by atoms with Crippen LogP contribution in [0.3, 0.4) is 0 Å². The van der Waals surface area contributed by atoms with Crippen LogP contribution in [0.2, 0.25) is 6.04 Å². The molecule has 2 aromatic carbocycles. The number of aliphatic hydroxyl groups is 1. The van der Waals surface area contributed by atoms with Crippen molar-refractivity contribution < 1.29 is 23.1 Å². The average Bonchev–Trinajstić information content (AvgIpc) is 2.83. The van der Waals surface area contributed by atoms with Crippen LogP contribution in [-0.4, -0.2) is 59.6 Å². The second kappa shape index (κ2) is 15.7. The van der Waals surface area contributed by atoms with Crippen LogP contribution in [0.4, 0.5) is 17.1 Å². The van der Waals surface area contributed by atoms with E-state index in [1.54, 1.807) is 0 Å². The Balaban J connectivity index is 1.69. The van der Waals surface area contributed by atoms with E-state index in [-0.39, 0.29) is 6.61 Å². The molecule has 2 N–H and O–H groups in total. The number of benzene rings is 2. The fraction of sp³-hybridized carbons (Fsp3) is 0.520. The first-order valence-electron chi connectivity index (χ1n) is 12.0. The Hall–Kier alpha value is -2.14. The first-order valence-corrected chi connectivity index (χ1v) is 13.9. The molecule has 0 aromatic heterocycles. The zero-order valence-electron chi connectivity index (χ0n) is 20.8. The molecule has 9 heteroatoms. The van der Waals surface area contributed by atoms with Crippen LogP contribution in [0.1, 0.15) is 32.8 Å². The number of azo groups is 1. The Morgan fingerprint density at radius 1 is 0.912 bits per heavy atom. The smallest absolute Gasteiger partial charge is 0.389 e. The van der Waals surface area contributed by atoms with Crippen LogP contribution in [-0.2, 0) is 18.0 Å². The minimum Gasteiger partial charge on any atom is -0.389 e. The second-order valence-electron chi connectivity index (χ2n) is 7.73. The molecule has 0 radical (unpaired) electrons. The third kappa shape index (κ3) is 10.0. The number of aliphatic hydroxyl groups excluding tert-OH is 1. The Labute approximate surface area is 204 Å². The second-order valence-corrected chi connectivity index (χ2v) is 10.5. The van der Waals surface area contributed by atoms with Gasteiger partial charge in [-0.15, -0.1) is 0 Å². The lowest BCUT2D eigenvalue weighted by Crippen LogP contribution is -2.46. The summed E-state index contributed by atoms with van der Waals surface area (Å²) in [6.45, 7) is 10.7. The molecular formula is C25H39N3O5Si. The molecule has 0 aliphatic carbocycles. The van der Waals surface area contributed by atoms with Gasteiger partial charge in [-0.2, -0.15) is 10.2 Å². The van der Waals surface area contributed by atoms with Gasteiger partial charge in [0.15, 0.2) is 0 Å². The van der Waals surface area contributed by atoms with Crippen LogP contribution in [0.5, 0.6) is 0 Å². The summed E-state index contributed by atoms with van der Waals surface area (Å²) < 4.78 is 23.2. The standard InChI is InChI=1S/C25H39N3O5Si/c1-5-31-34(32-6-2,33-7-3)18-10-17-30-20-24(29)19-26-22-13-15-23(16-14-22)27-28-25-12-9-8-11-21(25)4/h8-9,11-16,24,26,29H,5-7,10,17-20H2,1-4H3. The van der Waals surface area contributed by atoms with Crippen molar-refractivity contribution in [2.45, 2.75) is 46.3 Å². The molecular weight excluding hydrogens is 450 g/mol. The van der Waals surface area contributed by atoms with Crippen molar-refractivity contribution in [3.63, 3.8) is 0 Å². The molecule has 2 rings (SSSR count). The van der Waals surface area contributed by atoms with Crippen LogP contribution >= 0.6 is 0 Å². The minimum absolute atomic E-state index is 0.252. The van der Waals surface area contributed by atoms with Gasteiger partial charge in [0.1, 0.15) is 0 Å². The normalized spacial score (nSPS) is 12.9. The predicted octanol–water partition coefficient (Wildman–Crippen LogP) is 5.64. The van der Waals surface area contributed by atoms with Crippen molar-refractivity contribution in [1.29, 1.82) is 0 Å². The Kier molecular flexibility index (Phi) is 13.0. The summed E-state index contributed by atoms with van der Waals surface area (Å²) in [5, 5.41) is 22.0. The van der Waals surface area contributed by atoms with E-state index in [2.05, 4.69) is 15.5 Å². The highest BCUT2D eigenvalue weighted by Gasteiger charge is 2.39. The summed E-state index contributed by atoms with van der Waals surface area (Å²) in [6, 6.07) is 16.2. The van der Waals surface area contributed by atoms with E-state index in [9.17, 15) is 5.11 Å². The van der Waals surface area contributed by atoms with Crippen molar-refractivity contribution in [2.24, 2.45) is 10.2 Å². The lowest BCUT2D eigenvalue weighted by atomic mass is 10.2. The maximum Gasteiger partial charge on any atom is 0.501 e. The van der Waals surface area contributed by atoms with Gasteiger partial charge in [-0.05, 0) is 70.0 Å². The summed E-state index contributed by atoms with van der Waals surface area (Å²) in [5.41, 5.74) is 3.60. The summed E-state index contributed by atoms with van der Waals surface area (Å²) in [6.07, 6.45) is 0.137. The highest BCUT2D eigenvalue weighted by atomic mass is 28.4. The van der Waals surface area contributed by atoms with Crippen molar-refractivity contribution >= 4 is 25.9 Å². The molecule has 0 fully saturated rings. The van der Waals surface area contributed by atoms with E-state index in [4.69, 9.17) is 18.0 Å². The third-order valence-corrected chi connectivity index (χ3v) is 8.12. The Bertz CT molecular complexity index is 834. The maximum absolute atomic E-state index is 10.2. The largest absolute Gasteiger partial charge is 0.501 e. The number of rotatable bonds is 17. The molecule has 0 saturated carbocycles. The average molecular weight is 490 g/mol. The lowest BCUT2D eigenvalue weighted by molar-refractivity contribution is 0.0379. The molecule has 0 aliphatic rings. The van der Waals surface area contributed by atoms with Gasteiger partial charge >= 0.3 is 8.80 Å². The van der Waals surface area contributed by atoms with Crippen molar-refractivity contribution in [3.8, 4) is 0 Å². The first-order chi connectivity index (χ1) is 16.5. The summed E-state index contributed by atoms with van der Waals surface area (Å²) in [7, 11) is -2.63. The fourth-order valence-electron chi connectivity index (χ4n) is 3.34. The number of nitrogens with one attached hydrogen (secondary N) is 1. The van der Waals surface area contributed by atoms with Crippen LogP contribution in [0.15, 0.2) is 58.8 Å². The highest BCUT2D eigenvalue weighted by Crippen LogP contribution is 2.22. The molecule has 8 nitrogen and oxygen atoms in total. The predicted molar refractivity (Wildman–Crippen MR) is 137 cm³/mol. The zero-order chi connectivity index (χ0) is 24.7. The quantitative estimate of drug-likeness (QED) is 0.170. The van der Waals surface area contributed by atoms with Crippen LogP contribution in [0, 0.1) is 6.92 Å². The molecule has 0 aliphatic heterocycles. The molecule has 0 amide bonds. The van der Waals surface area contributed by atoms with Gasteiger partial charge in [-0.1, -0.05) is 18.2 Å². The molecule has 188 valence electrons. The molecule has 2 aromatic rings. The van der Waals surface area contributed by atoms with Gasteiger partial charge in [-0.3, -0.25) is 0 Å². The number of hydrogen-bond acceptors (Lipinski definition) is 8. The number of ether oxygens (including phenoxy) is 1. The van der Waals surface area contributed by atoms with E-state index in [0.29, 0.717) is 39.0 Å². The van der Waals surface area contributed by atoms with E-state index >= 15 is 0 Å². The fourth-order valence-corrected chi connectivity index (χ4v) is 5.92. The minimum atomic E-state index is -2.63. The Morgan fingerprint density at radius 2 is 1.56 bits per heavy atom. The van der Waals surface area contributed by atoms with E-state index < -0.39 is 14.9 Å². The van der Waals surface area contributed by atoms with Gasteiger partial charge in [0.2, 0.25) is 0 Å². The molecule has 34 heavy (non-hydrogen) atoms. The number of nitrogens with zero attached hydrogens (tertiary/aromatic N) is 2. The molecule has 1 unspecified atom stereocenters. The van der Waals surface area contributed by atoms with Crippen molar-refractivity contribution in [3.05, 3.63) is 54.1 Å². The third-order valence-electron chi connectivity index (χ3n) is 4.97. The molecule has 1 atom stereocenters. The van der Waals surface area contributed by atoms with Gasteiger partial charge < -0.3 is 28.4 Å². The monoisotopic (exact) mass is 489 g/mol. The molecule has 0 saturated heterocycles. The Morgan fingerprint density at radius 3 is 2.18 bits per heavy atom. The lowest BCUT2D eigenvalue weighted by Gasteiger charge is -2.28. The van der Waals surface area contributed by atoms with Crippen LogP contribution in [0.25, 0.3) is 0 Å². The topological polar surface area (TPSA) is 93.9 Å². The number of anilines is 1. The van der Waals surface area contributed by atoms with E-state index in [1.807, 2.05) is 76.2 Å². The van der Waals surface area contributed by atoms with Crippen molar-refractivity contribution in [2.75, 3.05) is 44.9 Å². The van der Waals surface area contributed by atoms with Gasteiger partial charge in [0.05, 0.1) is 24.1 Å². The molecule has 0 bridgehead atoms. The molecule has 0 heterocycles. The number of hydrogen-bond donors (Lipinski definition) is 2. The first kappa shape index (κ1) is 28.1. The van der Waals surface area contributed by atoms with Crippen LogP contribution < -0.4 is 5.32 Å².